The zero-order valence-electron chi connectivity index (χ0n) is 10.8. The first-order valence-corrected chi connectivity index (χ1v) is 6.36. The van der Waals surface area contributed by atoms with Crippen molar-refractivity contribution in [3.05, 3.63) is 24.3 Å². The van der Waals surface area contributed by atoms with Gasteiger partial charge in [0.15, 0.2) is 0 Å². The molecule has 0 atom stereocenters. The first-order chi connectivity index (χ1) is 9.44. The van der Waals surface area contributed by atoms with Gasteiger partial charge in [0.2, 0.25) is 5.91 Å². The molecule has 2 N–H and O–H groups in total. The lowest BCUT2D eigenvalue weighted by Crippen LogP contribution is -2.43. The number of piperazine rings is 1. The molecule has 1 saturated heterocycles. The number of carbonyl (C=O) groups excluding carboxylic acids is 1. The van der Waals surface area contributed by atoms with Crippen LogP contribution in [0.3, 0.4) is 0 Å². The molecule has 0 radical (unpaired) electrons. The average molecular weight is 287 g/mol. The number of halogens is 3. The van der Waals surface area contributed by atoms with Crippen LogP contribution in [0.2, 0.25) is 0 Å². The molecular weight excluding hydrogens is 271 g/mol. The van der Waals surface area contributed by atoms with E-state index in [0.29, 0.717) is 5.69 Å². The van der Waals surface area contributed by atoms with Gasteiger partial charge in [-0.3, -0.25) is 4.79 Å². The molecule has 7 heteroatoms. The number of rotatable bonds is 3. The van der Waals surface area contributed by atoms with E-state index in [9.17, 15) is 18.0 Å². The summed E-state index contributed by atoms with van der Waals surface area (Å²) >= 11 is 0. The Labute approximate surface area is 114 Å². The van der Waals surface area contributed by atoms with Gasteiger partial charge < -0.3 is 15.5 Å². The van der Waals surface area contributed by atoms with E-state index in [1.165, 1.54) is 0 Å². The maximum absolute atomic E-state index is 12.0. The lowest BCUT2D eigenvalue weighted by atomic mass is 10.2. The van der Waals surface area contributed by atoms with Gasteiger partial charge in [0.1, 0.15) is 6.42 Å². The van der Waals surface area contributed by atoms with Crippen LogP contribution >= 0.6 is 0 Å². The van der Waals surface area contributed by atoms with Gasteiger partial charge in [-0.1, -0.05) is 0 Å². The number of anilines is 2. The smallest absolute Gasteiger partial charge is 0.369 e. The Morgan fingerprint density at radius 3 is 2.35 bits per heavy atom. The van der Waals surface area contributed by atoms with Gasteiger partial charge in [-0.15, -0.1) is 0 Å². The molecule has 4 nitrogen and oxygen atoms in total. The second kappa shape index (κ2) is 6.13. The number of nitrogens with zero attached hydrogens (tertiary/aromatic N) is 1. The van der Waals surface area contributed by atoms with Gasteiger partial charge in [0.05, 0.1) is 0 Å². The quantitative estimate of drug-likeness (QED) is 0.893. The largest absolute Gasteiger partial charge is 0.397 e. The summed E-state index contributed by atoms with van der Waals surface area (Å²) in [5.41, 5.74) is 1.37. The van der Waals surface area contributed by atoms with Gasteiger partial charge in [-0.2, -0.15) is 13.2 Å². The van der Waals surface area contributed by atoms with E-state index >= 15 is 0 Å². The van der Waals surface area contributed by atoms with Gasteiger partial charge >= 0.3 is 6.18 Å². The van der Waals surface area contributed by atoms with E-state index in [1.807, 2.05) is 0 Å². The van der Waals surface area contributed by atoms with Crippen LogP contribution in [-0.4, -0.2) is 38.3 Å². The highest BCUT2D eigenvalue weighted by atomic mass is 19.4. The molecule has 0 bridgehead atoms. The third kappa shape index (κ3) is 4.41. The van der Waals surface area contributed by atoms with E-state index < -0.39 is 18.5 Å². The molecule has 0 spiro atoms. The second-order valence-electron chi connectivity index (χ2n) is 4.62. The lowest BCUT2D eigenvalue weighted by molar-refractivity contribution is -0.150. The van der Waals surface area contributed by atoms with Crippen molar-refractivity contribution < 1.29 is 18.0 Å². The molecule has 1 aliphatic heterocycles. The molecule has 1 aliphatic rings. The Kier molecular flexibility index (Phi) is 4.49. The molecule has 2 rings (SSSR count). The highest BCUT2D eigenvalue weighted by molar-refractivity contribution is 5.91. The summed E-state index contributed by atoms with van der Waals surface area (Å²) in [7, 11) is 0. The van der Waals surface area contributed by atoms with E-state index in [1.54, 1.807) is 24.3 Å². The van der Waals surface area contributed by atoms with Gasteiger partial charge in [-0.05, 0) is 24.3 Å². The number of nitrogens with one attached hydrogen (secondary N) is 2. The molecule has 0 aromatic heterocycles. The maximum Gasteiger partial charge on any atom is 0.397 e. The summed E-state index contributed by atoms with van der Waals surface area (Å²) in [6, 6.07) is 6.83. The third-order valence-electron chi connectivity index (χ3n) is 2.99. The zero-order chi connectivity index (χ0) is 14.6. The van der Waals surface area contributed by atoms with Gasteiger partial charge in [-0.25, -0.2) is 0 Å². The lowest BCUT2D eigenvalue weighted by Gasteiger charge is -2.29. The number of hydrogen-bond acceptors (Lipinski definition) is 3. The minimum absolute atomic E-state index is 0.373. The molecule has 1 amide bonds. The Bertz CT molecular complexity index is 453. The van der Waals surface area contributed by atoms with Crippen LogP contribution in [0.5, 0.6) is 0 Å². The summed E-state index contributed by atoms with van der Waals surface area (Å²) < 4.78 is 36.1. The summed E-state index contributed by atoms with van der Waals surface area (Å²) in [5.74, 6) is -1.05. The maximum atomic E-state index is 12.0. The number of carbonyl (C=O) groups is 1. The van der Waals surface area contributed by atoms with Gasteiger partial charge in [0.25, 0.3) is 0 Å². The molecule has 0 aliphatic carbocycles. The van der Waals surface area contributed by atoms with Crippen molar-refractivity contribution in [2.45, 2.75) is 12.6 Å². The Morgan fingerprint density at radius 2 is 1.80 bits per heavy atom. The summed E-state index contributed by atoms with van der Waals surface area (Å²) in [6.45, 7) is 3.59. The van der Waals surface area contributed by atoms with Crippen molar-refractivity contribution in [3.8, 4) is 0 Å². The average Bonchev–Trinajstić information content (AvgIpc) is 2.38. The van der Waals surface area contributed by atoms with Gasteiger partial charge in [0, 0.05) is 37.6 Å². The van der Waals surface area contributed by atoms with Crippen LogP contribution in [0.4, 0.5) is 24.5 Å². The fraction of sp³-hybridized carbons (Fsp3) is 0.462. The molecule has 0 saturated carbocycles. The fourth-order valence-corrected chi connectivity index (χ4v) is 2.07. The van der Waals surface area contributed by atoms with Crippen LogP contribution in [0, 0.1) is 0 Å². The Morgan fingerprint density at radius 1 is 1.20 bits per heavy atom. The number of hydrogen-bond donors (Lipinski definition) is 2. The molecular formula is C13H16F3N3O. The predicted octanol–water partition coefficient (Wildman–Crippen LogP) is 1.99. The van der Waals surface area contributed by atoms with E-state index in [0.717, 1.165) is 31.9 Å². The summed E-state index contributed by atoms with van der Waals surface area (Å²) in [6.07, 6.45) is -5.95. The second-order valence-corrected chi connectivity index (χ2v) is 4.62. The van der Waals surface area contributed by atoms with E-state index in [2.05, 4.69) is 15.5 Å². The van der Waals surface area contributed by atoms with Crippen molar-refractivity contribution in [3.63, 3.8) is 0 Å². The third-order valence-corrected chi connectivity index (χ3v) is 2.99. The van der Waals surface area contributed by atoms with Crippen molar-refractivity contribution in [1.29, 1.82) is 0 Å². The van der Waals surface area contributed by atoms with Crippen molar-refractivity contribution >= 4 is 17.3 Å². The summed E-state index contributed by atoms with van der Waals surface area (Å²) in [4.78, 5) is 13.3. The summed E-state index contributed by atoms with van der Waals surface area (Å²) in [5, 5.41) is 5.48. The van der Waals surface area contributed by atoms with Crippen LogP contribution in [-0.2, 0) is 4.79 Å². The number of benzene rings is 1. The molecule has 110 valence electrons. The molecule has 1 aromatic carbocycles. The minimum Gasteiger partial charge on any atom is -0.369 e. The topological polar surface area (TPSA) is 44.4 Å². The van der Waals surface area contributed by atoms with Crippen molar-refractivity contribution in [2.75, 3.05) is 36.4 Å². The first kappa shape index (κ1) is 14.6. The monoisotopic (exact) mass is 287 g/mol. The van der Waals surface area contributed by atoms with E-state index in [-0.39, 0.29) is 0 Å². The standard InChI is InChI=1S/C13H16F3N3O/c14-13(15,16)9-12(20)18-10-1-3-11(4-2-10)19-7-5-17-6-8-19/h1-4,17H,5-9H2,(H,18,20). The molecule has 1 fully saturated rings. The van der Waals surface area contributed by atoms with Crippen molar-refractivity contribution in [1.82, 2.24) is 5.32 Å². The first-order valence-electron chi connectivity index (χ1n) is 6.36. The highest BCUT2D eigenvalue weighted by Crippen LogP contribution is 2.22. The molecule has 0 unspecified atom stereocenters. The Hall–Kier alpha value is -1.76. The molecule has 1 aromatic rings. The normalized spacial score (nSPS) is 16.1. The Balaban J connectivity index is 1.92. The number of amides is 1. The van der Waals surface area contributed by atoms with Crippen LogP contribution in [0.1, 0.15) is 6.42 Å². The predicted molar refractivity (Wildman–Crippen MR) is 70.8 cm³/mol. The van der Waals surface area contributed by atoms with Crippen LogP contribution in [0.15, 0.2) is 24.3 Å². The zero-order valence-corrected chi connectivity index (χ0v) is 10.8. The molecule has 20 heavy (non-hydrogen) atoms. The highest BCUT2D eigenvalue weighted by Gasteiger charge is 2.31. The van der Waals surface area contributed by atoms with Crippen LogP contribution in [0.25, 0.3) is 0 Å². The molecule has 1 heterocycles. The number of alkyl halides is 3. The SMILES string of the molecule is O=C(CC(F)(F)F)Nc1ccc(N2CCNCC2)cc1. The van der Waals surface area contributed by atoms with Crippen LogP contribution < -0.4 is 15.5 Å². The van der Waals surface area contributed by atoms with Crippen molar-refractivity contribution in [2.24, 2.45) is 0 Å². The van der Waals surface area contributed by atoms with E-state index in [4.69, 9.17) is 0 Å². The fourth-order valence-electron chi connectivity index (χ4n) is 2.07. The minimum atomic E-state index is -4.48.